The van der Waals surface area contributed by atoms with Gasteiger partial charge in [-0.2, -0.15) is 13.5 Å². The zero-order valence-electron chi connectivity index (χ0n) is 9.75. The molecule has 0 aliphatic carbocycles. The predicted octanol–water partition coefficient (Wildman–Crippen LogP) is 1.61. The largest absolute Gasteiger partial charge is 0.494 e. The molecule has 18 heavy (non-hydrogen) atoms. The van der Waals surface area contributed by atoms with Gasteiger partial charge in [-0.3, -0.25) is 9.82 Å². The van der Waals surface area contributed by atoms with Gasteiger partial charge in [0.25, 0.3) is 10.0 Å². The average molecular weight is 267 g/mol. The maximum atomic E-state index is 11.9. The number of aromatic nitrogens is 2. The first-order chi connectivity index (χ1) is 8.62. The molecule has 0 spiro atoms. The molecular formula is C11H13N3O3S. The summed E-state index contributed by atoms with van der Waals surface area (Å²) in [6.45, 7) is 2.45. The van der Waals surface area contributed by atoms with Crippen LogP contribution < -0.4 is 9.46 Å². The summed E-state index contributed by atoms with van der Waals surface area (Å²) in [6, 6.07) is 8.07. The van der Waals surface area contributed by atoms with Crippen molar-refractivity contribution in [2.45, 2.75) is 11.9 Å². The Morgan fingerprint density at radius 3 is 2.56 bits per heavy atom. The van der Waals surface area contributed by atoms with E-state index in [0.717, 1.165) is 0 Å². The minimum absolute atomic E-state index is 0.0244. The lowest BCUT2D eigenvalue weighted by Gasteiger charge is -2.07. The van der Waals surface area contributed by atoms with Crippen molar-refractivity contribution >= 4 is 15.7 Å². The molecule has 0 fully saturated rings. The van der Waals surface area contributed by atoms with Gasteiger partial charge < -0.3 is 4.74 Å². The number of sulfonamides is 1. The normalized spacial score (nSPS) is 11.2. The molecule has 0 bridgehead atoms. The molecule has 0 amide bonds. The number of benzene rings is 1. The third-order valence-corrected chi connectivity index (χ3v) is 3.49. The topological polar surface area (TPSA) is 84.1 Å². The molecule has 7 heteroatoms. The molecule has 1 heterocycles. The molecule has 0 aliphatic rings. The van der Waals surface area contributed by atoms with Gasteiger partial charge in [-0.1, -0.05) is 0 Å². The molecule has 0 aliphatic heterocycles. The predicted molar refractivity (Wildman–Crippen MR) is 67.0 cm³/mol. The first-order valence-corrected chi connectivity index (χ1v) is 6.85. The van der Waals surface area contributed by atoms with Crippen molar-refractivity contribution in [1.29, 1.82) is 0 Å². The number of hydrogen-bond acceptors (Lipinski definition) is 4. The molecule has 2 N–H and O–H groups in total. The second-order valence-corrected chi connectivity index (χ2v) is 5.13. The molecule has 0 unspecified atom stereocenters. The van der Waals surface area contributed by atoms with Crippen molar-refractivity contribution < 1.29 is 13.2 Å². The number of nitrogens with zero attached hydrogens (tertiary/aromatic N) is 1. The highest BCUT2D eigenvalue weighted by Gasteiger charge is 2.15. The number of rotatable bonds is 5. The SMILES string of the molecule is CCOc1ccc(NS(=O)(=O)c2ccn[nH]2)cc1. The van der Waals surface area contributed by atoms with Crippen LogP contribution in [0.3, 0.4) is 0 Å². The van der Waals surface area contributed by atoms with E-state index in [0.29, 0.717) is 18.0 Å². The van der Waals surface area contributed by atoms with Crippen LogP contribution in [0.5, 0.6) is 5.75 Å². The fourth-order valence-electron chi connectivity index (χ4n) is 1.39. The fourth-order valence-corrected chi connectivity index (χ4v) is 2.36. The van der Waals surface area contributed by atoms with Gasteiger partial charge in [0, 0.05) is 5.69 Å². The quantitative estimate of drug-likeness (QED) is 0.862. The smallest absolute Gasteiger partial charge is 0.278 e. The summed E-state index contributed by atoms with van der Waals surface area (Å²) < 4.78 is 31.4. The number of H-pyrrole nitrogens is 1. The van der Waals surface area contributed by atoms with Gasteiger partial charge in [0.2, 0.25) is 0 Å². The Hall–Kier alpha value is -2.02. The van der Waals surface area contributed by atoms with Gasteiger partial charge in [-0.25, -0.2) is 0 Å². The van der Waals surface area contributed by atoms with E-state index in [1.807, 2.05) is 6.92 Å². The average Bonchev–Trinajstić information content (AvgIpc) is 2.86. The van der Waals surface area contributed by atoms with Crippen LogP contribution in [0.25, 0.3) is 0 Å². The number of nitrogens with one attached hydrogen (secondary N) is 2. The maximum Gasteiger partial charge on any atom is 0.278 e. The number of anilines is 1. The Balaban J connectivity index is 2.14. The van der Waals surface area contributed by atoms with Gasteiger partial charge >= 0.3 is 0 Å². The summed E-state index contributed by atoms with van der Waals surface area (Å²) in [5.41, 5.74) is 0.466. The van der Waals surface area contributed by atoms with Gasteiger partial charge in [0.15, 0.2) is 5.03 Å². The summed E-state index contributed by atoms with van der Waals surface area (Å²) in [6.07, 6.45) is 1.38. The molecule has 2 rings (SSSR count). The zero-order valence-corrected chi connectivity index (χ0v) is 10.6. The molecule has 96 valence electrons. The molecule has 2 aromatic rings. The van der Waals surface area contributed by atoms with E-state index >= 15 is 0 Å². The molecular weight excluding hydrogens is 254 g/mol. The minimum atomic E-state index is -3.60. The fraction of sp³-hybridized carbons (Fsp3) is 0.182. The molecule has 6 nitrogen and oxygen atoms in total. The monoisotopic (exact) mass is 267 g/mol. The molecule has 0 saturated carbocycles. The summed E-state index contributed by atoms with van der Waals surface area (Å²) in [4.78, 5) is 0. The Morgan fingerprint density at radius 2 is 2.00 bits per heavy atom. The van der Waals surface area contributed by atoms with Gasteiger partial charge in [0.1, 0.15) is 5.75 Å². The van der Waals surface area contributed by atoms with Crippen molar-refractivity contribution in [3.05, 3.63) is 36.5 Å². The summed E-state index contributed by atoms with van der Waals surface area (Å²) >= 11 is 0. The lowest BCUT2D eigenvalue weighted by Crippen LogP contribution is -2.13. The third kappa shape index (κ3) is 2.80. The van der Waals surface area contributed by atoms with Crippen LogP contribution >= 0.6 is 0 Å². The van der Waals surface area contributed by atoms with Crippen molar-refractivity contribution in [1.82, 2.24) is 10.2 Å². The molecule has 1 aromatic heterocycles. The van der Waals surface area contributed by atoms with Crippen LogP contribution in [0, 0.1) is 0 Å². The molecule has 0 saturated heterocycles. The minimum Gasteiger partial charge on any atom is -0.494 e. The number of aromatic amines is 1. The van der Waals surface area contributed by atoms with E-state index in [1.54, 1.807) is 24.3 Å². The van der Waals surface area contributed by atoms with Crippen molar-refractivity contribution in [2.24, 2.45) is 0 Å². The molecule has 1 aromatic carbocycles. The highest BCUT2D eigenvalue weighted by atomic mass is 32.2. The van der Waals surface area contributed by atoms with E-state index in [1.165, 1.54) is 12.3 Å². The van der Waals surface area contributed by atoms with E-state index < -0.39 is 10.0 Å². The second kappa shape index (κ2) is 5.09. The Bertz CT molecular complexity index is 591. The molecule has 0 atom stereocenters. The highest BCUT2D eigenvalue weighted by molar-refractivity contribution is 7.92. The Morgan fingerprint density at radius 1 is 1.28 bits per heavy atom. The third-order valence-electron chi connectivity index (χ3n) is 2.18. The van der Waals surface area contributed by atoms with Gasteiger partial charge in [0.05, 0.1) is 12.8 Å². The summed E-state index contributed by atoms with van der Waals surface area (Å²) in [5, 5.41) is 6.03. The summed E-state index contributed by atoms with van der Waals surface area (Å²) in [7, 11) is -3.60. The molecule has 0 radical (unpaired) electrons. The van der Waals surface area contributed by atoms with E-state index in [9.17, 15) is 8.42 Å². The van der Waals surface area contributed by atoms with Crippen LogP contribution in [0.1, 0.15) is 6.92 Å². The summed E-state index contributed by atoms with van der Waals surface area (Å²) in [5.74, 6) is 0.696. The van der Waals surface area contributed by atoms with E-state index in [2.05, 4.69) is 14.9 Å². The van der Waals surface area contributed by atoms with Crippen molar-refractivity contribution in [2.75, 3.05) is 11.3 Å². The highest BCUT2D eigenvalue weighted by Crippen LogP contribution is 2.18. The van der Waals surface area contributed by atoms with Crippen LogP contribution in [-0.4, -0.2) is 25.2 Å². The zero-order chi connectivity index (χ0) is 13.0. The number of hydrogen-bond donors (Lipinski definition) is 2. The van der Waals surface area contributed by atoms with E-state index in [4.69, 9.17) is 4.74 Å². The second-order valence-electron chi connectivity index (χ2n) is 3.48. The van der Waals surface area contributed by atoms with Crippen LogP contribution in [-0.2, 0) is 10.0 Å². The Kier molecular flexibility index (Phi) is 3.52. The van der Waals surface area contributed by atoms with Gasteiger partial charge in [-0.05, 0) is 37.3 Å². The lowest BCUT2D eigenvalue weighted by atomic mass is 10.3. The van der Waals surface area contributed by atoms with Crippen molar-refractivity contribution in [3.8, 4) is 5.75 Å². The first-order valence-electron chi connectivity index (χ1n) is 5.37. The van der Waals surface area contributed by atoms with Crippen molar-refractivity contribution in [3.63, 3.8) is 0 Å². The van der Waals surface area contributed by atoms with Crippen LogP contribution in [0.15, 0.2) is 41.6 Å². The van der Waals surface area contributed by atoms with E-state index in [-0.39, 0.29) is 5.03 Å². The standard InChI is InChI=1S/C11H13N3O3S/c1-2-17-10-5-3-9(4-6-10)14-18(15,16)11-7-8-12-13-11/h3-8,14H,2H2,1H3,(H,12,13). The first kappa shape index (κ1) is 12.4. The van der Waals surface area contributed by atoms with Crippen LogP contribution in [0.2, 0.25) is 0 Å². The lowest BCUT2D eigenvalue weighted by molar-refractivity contribution is 0.340. The van der Waals surface area contributed by atoms with Gasteiger partial charge in [-0.15, -0.1) is 0 Å². The number of ether oxygens (including phenoxy) is 1. The van der Waals surface area contributed by atoms with Crippen LogP contribution in [0.4, 0.5) is 5.69 Å². The maximum absolute atomic E-state index is 11.9. The Labute approximate surface area is 105 Å².